The summed E-state index contributed by atoms with van der Waals surface area (Å²) in [5.74, 6) is 0.349. The number of rotatable bonds is 6. The van der Waals surface area contributed by atoms with Gasteiger partial charge in [0.2, 0.25) is 0 Å². The average molecular weight is 543 g/mol. The molecule has 0 radical (unpaired) electrons. The predicted molar refractivity (Wildman–Crippen MR) is 153 cm³/mol. The van der Waals surface area contributed by atoms with E-state index in [2.05, 4.69) is 10.6 Å². The first-order chi connectivity index (χ1) is 18.8. The van der Waals surface area contributed by atoms with Crippen LogP contribution in [0.1, 0.15) is 48.3 Å². The molecule has 0 bridgehead atoms. The first kappa shape index (κ1) is 26.6. The van der Waals surface area contributed by atoms with Crippen LogP contribution in [0.25, 0.3) is 0 Å². The Bertz CT molecular complexity index is 1510. The van der Waals surface area contributed by atoms with E-state index in [0.717, 1.165) is 22.4 Å². The van der Waals surface area contributed by atoms with Crippen molar-refractivity contribution in [3.8, 4) is 11.5 Å². The molecule has 0 spiro atoms. The maximum Gasteiger partial charge on any atom is 0.254 e. The fraction of sp³-hybridized carbons (Fsp3) is 0.250. The number of benzene rings is 3. The van der Waals surface area contributed by atoms with Crippen molar-refractivity contribution in [3.05, 3.63) is 111 Å². The number of hydrogen-bond acceptors (Lipinski definition) is 5. The third-order valence-electron chi connectivity index (χ3n) is 7.48. The van der Waals surface area contributed by atoms with Crippen LogP contribution >= 0.6 is 11.6 Å². The van der Waals surface area contributed by atoms with Crippen molar-refractivity contribution in [2.75, 3.05) is 19.5 Å². The number of dihydropyridines is 1. The second-order valence-electron chi connectivity index (χ2n) is 9.97. The molecule has 0 fully saturated rings. The molecule has 0 saturated heterocycles. The van der Waals surface area contributed by atoms with Crippen LogP contribution in [-0.2, 0) is 9.59 Å². The molecule has 0 unspecified atom stereocenters. The van der Waals surface area contributed by atoms with E-state index in [-0.39, 0.29) is 17.6 Å². The summed E-state index contributed by atoms with van der Waals surface area (Å²) in [6.07, 6.45) is 0.921. The van der Waals surface area contributed by atoms with Gasteiger partial charge in [0.05, 0.1) is 14.2 Å². The van der Waals surface area contributed by atoms with Crippen LogP contribution in [0.3, 0.4) is 0 Å². The largest absolute Gasteiger partial charge is 0.493 e. The second kappa shape index (κ2) is 11.0. The van der Waals surface area contributed by atoms with Crippen LogP contribution in [0, 0.1) is 6.92 Å². The van der Waals surface area contributed by atoms with Crippen molar-refractivity contribution in [3.63, 3.8) is 0 Å². The Balaban J connectivity index is 1.55. The maximum atomic E-state index is 13.9. The van der Waals surface area contributed by atoms with Gasteiger partial charge >= 0.3 is 0 Å². The first-order valence-electron chi connectivity index (χ1n) is 12.9. The van der Waals surface area contributed by atoms with E-state index in [1.165, 1.54) is 0 Å². The molecule has 2 N–H and O–H groups in total. The van der Waals surface area contributed by atoms with E-state index in [1.807, 2.05) is 74.5 Å². The summed E-state index contributed by atoms with van der Waals surface area (Å²) in [5, 5.41) is 6.95. The number of allylic oxidation sites excluding steroid dienone is 3. The minimum atomic E-state index is -0.584. The summed E-state index contributed by atoms with van der Waals surface area (Å²) < 4.78 is 10.9. The van der Waals surface area contributed by atoms with Gasteiger partial charge in [-0.05, 0) is 67.6 Å². The molecular formula is C32H31ClN2O4. The highest BCUT2D eigenvalue weighted by Crippen LogP contribution is 2.47. The maximum absolute atomic E-state index is 13.9. The Morgan fingerprint density at radius 1 is 0.949 bits per heavy atom. The average Bonchev–Trinajstić information content (AvgIpc) is 2.93. The predicted octanol–water partition coefficient (Wildman–Crippen LogP) is 6.67. The molecule has 0 aromatic heterocycles. The number of ether oxygens (including phenoxy) is 2. The van der Waals surface area contributed by atoms with Gasteiger partial charge in [-0.2, -0.15) is 0 Å². The number of carbonyl (C=O) groups excluding carboxylic acids is 2. The lowest BCUT2D eigenvalue weighted by molar-refractivity contribution is -0.116. The molecule has 1 amide bonds. The quantitative estimate of drug-likeness (QED) is 0.364. The van der Waals surface area contributed by atoms with Crippen LogP contribution in [0.5, 0.6) is 11.5 Å². The fourth-order valence-electron chi connectivity index (χ4n) is 5.54. The highest BCUT2D eigenvalue weighted by molar-refractivity contribution is 6.31. The van der Waals surface area contributed by atoms with Crippen molar-refractivity contribution in [2.24, 2.45) is 0 Å². The fourth-order valence-corrected chi connectivity index (χ4v) is 5.78. The summed E-state index contributed by atoms with van der Waals surface area (Å²) in [7, 11) is 3.20. The summed E-state index contributed by atoms with van der Waals surface area (Å²) in [6, 6.07) is 20.8. The van der Waals surface area contributed by atoms with Crippen LogP contribution in [-0.4, -0.2) is 25.9 Å². The smallest absolute Gasteiger partial charge is 0.254 e. The number of nitrogens with one attached hydrogen (secondary N) is 2. The lowest BCUT2D eigenvalue weighted by atomic mass is 9.71. The molecule has 200 valence electrons. The Morgan fingerprint density at radius 2 is 1.67 bits per heavy atom. The minimum absolute atomic E-state index is 0.0124. The number of amides is 1. The van der Waals surface area contributed by atoms with Crippen LogP contribution in [0.15, 0.2) is 89.3 Å². The molecular weight excluding hydrogens is 512 g/mol. The molecule has 3 aromatic carbocycles. The van der Waals surface area contributed by atoms with E-state index >= 15 is 0 Å². The summed E-state index contributed by atoms with van der Waals surface area (Å²) in [4.78, 5) is 27.6. The zero-order valence-corrected chi connectivity index (χ0v) is 23.2. The van der Waals surface area contributed by atoms with Gasteiger partial charge in [0, 0.05) is 45.6 Å². The van der Waals surface area contributed by atoms with Crippen molar-refractivity contribution in [2.45, 2.75) is 38.5 Å². The number of Topliss-reactive ketones (excluding diaryl/α,β-unsaturated/α-hetero) is 1. The number of methoxy groups -OCH3 is 2. The molecule has 3 aromatic rings. The molecule has 2 atom stereocenters. The standard InChI is InChI=1S/C32H31ClN2O4/c1-18-9-12-22(13-10-18)35-32(37)29-19(2)34-25-15-21(20-11-14-27(38-3)28(17-20)39-4)16-26(36)31(25)30(29)23-7-5-6-8-24(23)33/h5-14,17,21,30,34H,15-16H2,1-4H3,(H,35,37)/t21-,30-/m0/s1. The molecule has 0 saturated carbocycles. The Kier molecular flexibility index (Phi) is 7.49. The Labute approximate surface area is 233 Å². The van der Waals surface area contributed by atoms with Crippen molar-refractivity contribution >= 4 is 29.0 Å². The monoisotopic (exact) mass is 542 g/mol. The molecule has 7 heteroatoms. The summed E-state index contributed by atoms with van der Waals surface area (Å²) in [5.41, 5.74) is 6.12. The number of aryl methyl sites for hydroxylation is 1. The normalized spacial score (nSPS) is 18.8. The number of ketones is 1. The van der Waals surface area contributed by atoms with Crippen LogP contribution < -0.4 is 20.1 Å². The topological polar surface area (TPSA) is 76.7 Å². The van der Waals surface area contributed by atoms with Gasteiger partial charge in [-0.3, -0.25) is 9.59 Å². The molecule has 39 heavy (non-hydrogen) atoms. The highest BCUT2D eigenvalue weighted by Gasteiger charge is 2.41. The second-order valence-corrected chi connectivity index (χ2v) is 10.4. The van der Waals surface area contributed by atoms with Gasteiger partial charge in [0.1, 0.15) is 0 Å². The van der Waals surface area contributed by atoms with Gasteiger partial charge in [-0.15, -0.1) is 0 Å². The van der Waals surface area contributed by atoms with E-state index in [0.29, 0.717) is 51.9 Å². The molecule has 6 nitrogen and oxygen atoms in total. The Hall–Kier alpha value is -4.03. The van der Waals surface area contributed by atoms with Crippen molar-refractivity contribution < 1.29 is 19.1 Å². The lowest BCUT2D eigenvalue weighted by Crippen LogP contribution is -2.37. The SMILES string of the molecule is COc1ccc([C@@H]2CC(=O)C3=C(C2)NC(C)=C(C(=O)Nc2ccc(C)cc2)[C@@H]3c2ccccc2Cl)cc1OC. The molecule has 1 heterocycles. The van der Waals surface area contributed by atoms with Crippen LogP contribution in [0.4, 0.5) is 5.69 Å². The van der Waals surface area contributed by atoms with Gasteiger partial charge in [0.25, 0.3) is 5.91 Å². The summed E-state index contributed by atoms with van der Waals surface area (Å²) >= 11 is 6.68. The number of carbonyl (C=O) groups is 2. The van der Waals surface area contributed by atoms with E-state index < -0.39 is 5.92 Å². The van der Waals surface area contributed by atoms with Gasteiger partial charge in [-0.25, -0.2) is 0 Å². The third-order valence-corrected chi connectivity index (χ3v) is 7.82. The van der Waals surface area contributed by atoms with Crippen molar-refractivity contribution in [1.29, 1.82) is 0 Å². The highest BCUT2D eigenvalue weighted by atomic mass is 35.5. The zero-order valence-electron chi connectivity index (χ0n) is 22.4. The lowest BCUT2D eigenvalue weighted by Gasteiger charge is -2.37. The number of hydrogen-bond donors (Lipinski definition) is 2. The van der Waals surface area contributed by atoms with Crippen molar-refractivity contribution in [1.82, 2.24) is 5.32 Å². The Morgan fingerprint density at radius 3 is 2.36 bits per heavy atom. The molecule has 1 aliphatic heterocycles. The number of anilines is 1. The number of halogens is 1. The summed E-state index contributed by atoms with van der Waals surface area (Å²) in [6.45, 7) is 3.87. The molecule has 5 rings (SSSR count). The van der Waals surface area contributed by atoms with E-state index in [1.54, 1.807) is 20.3 Å². The zero-order chi connectivity index (χ0) is 27.7. The van der Waals surface area contributed by atoms with Crippen LogP contribution in [0.2, 0.25) is 5.02 Å². The van der Waals surface area contributed by atoms with Gasteiger partial charge < -0.3 is 20.1 Å². The first-order valence-corrected chi connectivity index (χ1v) is 13.3. The van der Waals surface area contributed by atoms with E-state index in [9.17, 15) is 9.59 Å². The minimum Gasteiger partial charge on any atom is -0.493 e. The molecule has 1 aliphatic carbocycles. The van der Waals surface area contributed by atoms with E-state index in [4.69, 9.17) is 21.1 Å². The van der Waals surface area contributed by atoms with Gasteiger partial charge in [0.15, 0.2) is 17.3 Å². The molecule has 2 aliphatic rings. The van der Waals surface area contributed by atoms with Gasteiger partial charge in [-0.1, -0.05) is 53.6 Å². The third kappa shape index (κ3) is 5.17.